The summed E-state index contributed by atoms with van der Waals surface area (Å²) < 4.78 is 5.05. The predicted molar refractivity (Wildman–Crippen MR) is 387 cm³/mol. The summed E-state index contributed by atoms with van der Waals surface area (Å²) in [5, 5.41) is 13.0. The molecule has 0 aliphatic heterocycles. The number of benzene rings is 12. The lowest BCUT2D eigenvalue weighted by Crippen LogP contribution is -2.17. The molecule has 0 N–H and O–H groups in total. The first-order valence-electron chi connectivity index (χ1n) is 33.5. The minimum Gasteiger partial charge on any atom is -0.309 e. The normalized spacial score (nSPS) is 14.0. The van der Waals surface area contributed by atoms with Crippen molar-refractivity contribution in [2.45, 2.75) is 143 Å². The highest BCUT2D eigenvalue weighted by Gasteiger charge is 2.32. The van der Waals surface area contributed by atoms with Crippen LogP contribution in [0.4, 0.5) is 34.1 Å². The molecule has 0 fully saturated rings. The van der Waals surface area contributed by atoms with E-state index in [4.69, 9.17) is 0 Å². The Balaban J connectivity index is 1.02. The second kappa shape index (κ2) is 21.3. The molecule has 4 heteroatoms. The first-order valence-corrected chi connectivity index (χ1v) is 33.5. The van der Waals surface area contributed by atoms with E-state index in [1.54, 1.807) is 0 Å². The molecule has 12 aromatic carbocycles. The highest BCUT2D eigenvalue weighted by Crippen LogP contribution is 2.55. The lowest BCUT2D eigenvalue weighted by atomic mass is 9.83. The maximum absolute atomic E-state index is 2.73. The summed E-state index contributed by atoms with van der Waals surface area (Å²) >= 11 is 0. The van der Waals surface area contributed by atoms with E-state index in [9.17, 15) is 0 Å². The zero-order valence-corrected chi connectivity index (χ0v) is 54.2. The summed E-state index contributed by atoms with van der Waals surface area (Å²) in [6, 6.07) is 80.6. The van der Waals surface area contributed by atoms with Gasteiger partial charge in [0.2, 0.25) is 0 Å². The first-order chi connectivity index (χ1) is 43.6. The van der Waals surface area contributed by atoms with E-state index in [0.717, 1.165) is 25.7 Å². The van der Waals surface area contributed by atoms with Gasteiger partial charge in [-0.1, -0.05) is 191 Å². The summed E-state index contributed by atoms with van der Waals surface area (Å²) in [6.07, 6.45) is 9.10. The predicted octanol–water partition coefficient (Wildman–Crippen LogP) is 24.3. The molecule has 0 radical (unpaired) electrons. The van der Waals surface area contributed by atoms with Crippen molar-refractivity contribution in [3.63, 3.8) is 0 Å². The monoisotopic (exact) mass is 1170 g/mol. The third-order valence-electron chi connectivity index (χ3n) is 20.6. The van der Waals surface area contributed by atoms with E-state index in [0.29, 0.717) is 0 Å². The van der Waals surface area contributed by atoms with Crippen molar-refractivity contribution in [2.75, 3.05) is 9.80 Å². The Labute approximate surface area is 531 Å². The molecule has 0 spiro atoms. The van der Waals surface area contributed by atoms with Crippen molar-refractivity contribution < 1.29 is 0 Å². The maximum Gasteiger partial charge on any atom is 0.0562 e. The number of hydrogen-bond acceptors (Lipinski definition) is 2. The van der Waals surface area contributed by atoms with E-state index in [-0.39, 0.29) is 22.7 Å². The molecular formula is C86H82N4. The van der Waals surface area contributed by atoms with Crippen LogP contribution in [-0.2, 0) is 36.5 Å². The van der Waals surface area contributed by atoms with Crippen LogP contribution in [0.1, 0.15) is 151 Å². The lowest BCUT2D eigenvalue weighted by Gasteiger charge is -2.34. The molecule has 14 aromatic rings. The van der Waals surface area contributed by atoms with Crippen molar-refractivity contribution >= 4 is 110 Å². The van der Waals surface area contributed by atoms with E-state index >= 15 is 0 Å². The van der Waals surface area contributed by atoms with Gasteiger partial charge in [-0.3, -0.25) is 0 Å². The fraction of sp³-hybridized carbons (Fsp3) is 0.256. The van der Waals surface area contributed by atoms with Gasteiger partial charge in [-0.05, 0) is 225 Å². The molecule has 2 aliphatic rings. The van der Waals surface area contributed by atoms with E-state index in [2.05, 4.69) is 294 Å². The molecule has 0 atom stereocenters. The minimum absolute atomic E-state index is 0.00245. The first kappa shape index (κ1) is 56.1. The molecule has 90 heavy (non-hydrogen) atoms. The number of aromatic nitrogens is 2. The zero-order valence-electron chi connectivity index (χ0n) is 54.2. The Morgan fingerprint density at radius 1 is 0.311 bits per heavy atom. The summed E-state index contributed by atoms with van der Waals surface area (Å²) in [5.74, 6) is 0.478. The van der Waals surface area contributed by atoms with Gasteiger partial charge in [0.15, 0.2) is 0 Å². The topological polar surface area (TPSA) is 16.3 Å². The Morgan fingerprint density at radius 2 is 0.678 bits per heavy atom. The number of hydrogen-bond donors (Lipinski definition) is 0. The SMILES string of the molecule is CC(C)c1cc(N(c2cccc3c2CCCC3)c2cccc3c2c2ccccc2n3-c2cccc(C(C)(C)C)c2)c2ccc3c(C(C)C)cc(N(c4cccc5c4CCCC5)c4cccc5c4c4ccccc4n5-c4cccc(C(C)(C)C)c4)c4ccc1c2c34. The van der Waals surface area contributed by atoms with Gasteiger partial charge in [-0.2, -0.15) is 0 Å². The highest BCUT2D eigenvalue weighted by molar-refractivity contribution is 6.31. The molecule has 4 nitrogen and oxygen atoms in total. The zero-order chi connectivity index (χ0) is 61.5. The Hall–Kier alpha value is -9.12. The van der Waals surface area contributed by atoms with Gasteiger partial charge in [0, 0.05) is 55.1 Å². The van der Waals surface area contributed by atoms with Crippen molar-refractivity contribution in [3.05, 3.63) is 251 Å². The van der Waals surface area contributed by atoms with Gasteiger partial charge >= 0.3 is 0 Å². The Morgan fingerprint density at radius 3 is 1.10 bits per heavy atom. The fourth-order valence-electron chi connectivity index (χ4n) is 16.2. The molecule has 446 valence electrons. The van der Waals surface area contributed by atoms with Crippen LogP contribution in [0.2, 0.25) is 0 Å². The van der Waals surface area contributed by atoms with Gasteiger partial charge in [-0.25, -0.2) is 0 Å². The van der Waals surface area contributed by atoms with Crippen LogP contribution >= 0.6 is 0 Å². The van der Waals surface area contributed by atoms with E-state index in [1.807, 2.05) is 0 Å². The molecule has 0 saturated carbocycles. The second-order valence-corrected chi connectivity index (χ2v) is 28.9. The van der Waals surface area contributed by atoms with Crippen LogP contribution in [0, 0.1) is 0 Å². The minimum atomic E-state index is -0.00245. The van der Waals surface area contributed by atoms with Crippen molar-refractivity contribution in [3.8, 4) is 11.4 Å². The standard InChI is InChI=1S/C86H82N4/c1-53(2)69-51-79(89(71-39-19-27-55-25-11-13-33-61(55)71)77-43-23-41-75-83(77)65-35-15-17-37-73(65)87(75)59-31-21-29-57(49-59)85(5,6)7)67-48-46-64-70(54(3)4)52-80(68-47-45-63(69)81(67)82(64)68)90(72-40-20-28-56-26-12-14-34-62(56)72)78-44-24-42-76-84(78)66-36-16-18-38-74(66)88(76)60-32-22-30-58(50-60)86(8,9)10/h15-24,27-32,35-54H,11-14,25-26,33-34H2,1-10H3. The van der Waals surface area contributed by atoms with Crippen LogP contribution < -0.4 is 9.80 Å². The van der Waals surface area contributed by atoms with Crippen molar-refractivity contribution in [1.82, 2.24) is 9.13 Å². The number of anilines is 6. The number of rotatable bonds is 10. The Bertz CT molecular complexity index is 4860. The summed E-state index contributed by atoms with van der Waals surface area (Å²) in [4.78, 5) is 5.46. The quantitative estimate of drug-likeness (QED) is 0.127. The van der Waals surface area contributed by atoms with Crippen LogP contribution in [0.15, 0.2) is 206 Å². The number of para-hydroxylation sites is 2. The second-order valence-electron chi connectivity index (χ2n) is 28.9. The van der Waals surface area contributed by atoms with Gasteiger partial charge < -0.3 is 18.9 Å². The fourth-order valence-corrected chi connectivity index (χ4v) is 16.2. The van der Waals surface area contributed by atoms with Gasteiger partial charge in [0.05, 0.1) is 44.8 Å². The van der Waals surface area contributed by atoms with Gasteiger partial charge in [0.25, 0.3) is 0 Å². The summed E-state index contributed by atoms with van der Waals surface area (Å²) in [7, 11) is 0. The Kier molecular flexibility index (Phi) is 13.3. The molecular weight excluding hydrogens is 1090 g/mol. The van der Waals surface area contributed by atoms with Crippen molar-refractivity contribution in [2.24, 2.45) is 0 Å². The third kappa shape index (κ3) is 8.82. The number of aryl methyl sites for hydroxylation is 2. The number of fused-ring (bicyclic) bond motifs is 8. The highest BCUT2D eigenvalue weighted by atomic mass is 15.2. The van der Waals surface area contributed by atoms with Crippen LogP contribution in [-0.4, -0.2) is 9.13 Å². The van der Waals surface area contributed by atoms with Crippen LogP contribution in [0.3, 0.4) is 0 Å². The molecule has 0 amide bonds. The largest absolute Gasteiger partial charge is 0.309 e. The van der Waals surface area contributed by atoms with E-state index in [1.165, 1.54) is 192 Å². The van der Waals surface area contributed by atoms with Gasteiger partial charge in [0.1, 0.15) is 0 Å². The average molecular weight is 1170 g/mol. The average Bonchev–Trinajstić information content (AvgIpc) is 0.934. The molecule has 0 unspecified atom stereocenters. The molecule has 2 heterocycles. The molecule has 0 bridgehead atoms. The molecule has 0 saturated heterocycles. The molecule has 2 aliphatic carbocycles. The van der Waals surface area contributed by atoms with Gasteiger partial charge in [-0.15, -0.1) is 0 Å². The van der Waals surface area contributed by atoms with Crippen LogP contribution in [0.25, 0.3) is 87.3 Å². The van der Waals surface area contributed by atoms with Crippen LogP contribution in [0.5, 0.6) is 0 Å². The van der Waals surface area contributed by atoms with E-state index < -0.39 is 0 Å². The summed E-state index contributed by atoms with van der Waals surface area (Å²) in [6.45, 7) is 23.6. The molecule has 2 aromatic heterocycles. The smallest absolute Gasteiger partial charge is 0.0562 e. The number of nitrogens with zero attached hydrogens (tertiary/aromatic N) is 4. The maximum atomic E-state index is 2.73. The lowest BCUT2D eigenvalue weighted by molar-refractivity contribution is 0.589. The van der Waals surface area contributed by atoms with Crippen molar-refractivity contribution in [1.29, 1.82) is 0 Å². The molecule has 16 rings (SSSR count). The third-order valence-corrected chi connectivity index (χ3v) is 20.6. The summed E-state index contributed by atoms with van der Waals surface area (Å²) in [5.41, 5.74) is 26.0.